The number of aryl methyl sites for hydroxylation is 1. The highest BCUT2D eigenvalue weighted by Gasteiger charge is 2.31. The first-order valence-electron chi connectivity index (χ1n) is 12.1. The molecule has 0 spiro atoms. The maximum atomic E-state index is 13.4. The zero-order chi connectivity index (χ0) is 25.4. The molecule has 35 heavy (non-hydrogen) atoms. The zero-order valence-electron chi connectivity index (χ0n) is 19.6. The molecule has 190 valence electrons. The van der Waals surface area contributed by atoms with Crippen LogP contribution in [0.3, 0.4) is 0 Å². The first kappa shape index (κ1) is 26.3. The summed E-state index contributed by atoms with van der Waals surface area (Å²) in [6.45, 7) is 0.501. The zero-order valence-corrected chi connectivity index (χ0v) is 19.6. The van der Waals surface area contributed by atoms with Gasteiger partial charge in [0.25, 0.3) is 5.91 Å². The fourth-order valence-corrected chi connectivity index (χ4v) is 4.57. The van der Waals surface area contributed by atoms with Crippen LogP contribution < -0.4 is 21.7 Å². The van der Waals surface area contributed by atoms with E-state index >= 15 is 0 Å². The molecule has 3 rings (SSSR count). The second kappa shape index (κ2) is 12.4. The highest BCUT2D eigenvalue weighted by atomic mass is 19.1. The van der Waals surface area contributed by atoms with E-state index in [1.54, 1.807) is 6.08 Å². The number of carbonyl (C=O) groups is 4. The molecular weight excluding hydrogens is 458 g/mol. The summed E-state index contributed by atoms with van der Waals surface area (Å²) in [6.07, 6.45) is 7.17. The van der Waals surface area contributed by atoms with Gasteiger partial charge in [-0.25, -0.2) is 8.78 Å². The van der Waals surface area contributed by atoms with Crippen molar-refractivity contribution in [2.24, 2.45) is 17.6 Å². The summed E-state index contributed by atoms with van der Waals surface area (Å²) >= 11 is 0. The average molecular weight is 491 g/mol. The lowest BCUT2D eigenvalue weighted by Gasteiger charge is -2.22. The molecule has 5 N–H and O–H groups in total. The number of allylic oxidation sites excluding steroid dienone is 1. The Hall–Kier alpha value is -3.30. The van der Waals surface area contributed by atoms with E-state index in [1.165, 1.54) is 0 Å². The third-order valence-electron chi connectivity index (χ3n) is 6.47. The van der Waals surface area contributed by atoms with Crippen LogP contribution in [0.2, 0.25) is 0 Å². The summed E-state index contributed by atoms with van der Waals surface area (Å²) in [5.74, 6) is -3.92. The number of amides is 4. The molecule has 2 atom stereocenters. The normalized spacial score (nSPS) is 19.7. The summed E-state index contributed by atoms with van der Waals surface area (Å²) in [5, 5.41) is 7.86. The smallest absolute Gasteiger partial charge is 0.268 e. The van der Waals surface area contributed by atoms with Gasteiger partial charge in [-0.2, -0.15) is 0 Å². The van der Waals surface area contributed by atoms with Crippen molar-refractivity contribution in [1.29, 1.82) is 0 Å². The SMILES string of the molecule is NC(=O)[C@H](C[C@@H]1CCNC1=O)NC(=O)C(=CC1CCCCC1)NC(=O)CCc1cc(F)cc(F)c1. The molecule has 1 aliphatic heterocycles. The average Bonchev–Trinajstić information content (AvgIpc) is 3.21. The van der Waals surface area contributed by atoms with Crippen LogP contribution in [0.1, 0.15) is 56.9 Å². The summed E-state index contributed by atoms with van der Waals surface area (Å²) < 4.78 is 26.8. The van der Waals surface area contributed by atoms with E-state index in [2.05, 4.69) is 16.0 Å². The highest BCUT2D eigenvalue weighted by Crippen LogP contribution is 2.25. The first-order valence-corrected chi connectivity index (χ1v) is 12.1. The molecule has 0 unspecified atom stereocenters. The Bertz CT molecular complexity index is 971. The largest absolute Gasteiger partial charge is 0.368 e. The number of hydrogen-bond donors (Lipinski definition) is 4. The molecule has 1 aromatic rings. The number of benzene rings is 1. The van der Waals surface area contributed by atoms with E-state index in [-0.39, 0.29) is 36.8 Å². The number of carbonyl (C=O) groups excluding carboxylic acids is 4. The Morgan fingerprint density at radius 3 is 2.37 bits per heavy atom. The predicted octanol–water partition coefficient (Wildman–Crippen LogP) is 1.97. The van der Waals surface area contributed by atoms with Crippen LogP contribution in [0.25, 0.3) is 0 Å². The van der Waals surface area contributed by atoms with Crippen LogP contribution >= 0.6 is 0 Å². The lowest BCUT2D eigenvalue weighted by Crippen LogP contribution is -2.48. The van der Waals surface area contributed by atoms with Gasteiger partial charge in [0.1, 0.15) is 23.4 Å². The molecule has 10 heteroatoms. The van der Waals surface area contributed by atoms with Crippen molar-refractivity contribution in [2.45, 2.75) is 63.8 Å². The van der Waals surface area contributed by atoms with Crippen molar-refractivity contribution in [3.8, 4) is 0 Å². The number of hydrogen-bond acceptors (Lipinski definition) is 4. The van der Waals surface area contributed by atoms with Gasteiger partial charge < -0.3 is 21.7 Å². The number of rotatable bonds is 10. The second-order valence-corrected chi connectivity index (χ2v) is 9.25. The van der Waals surface area contributed by atoms with Crippen molar-refractivity contribution in [1.82, 2.24) is 16.0 Å². The fourth-order valence-electron chi connectivity index (χ4n) is 4.57. The van der Waals surface area contributed by atoms with Gasteiger partial charge in [-0.1, -0.05) is 25.3 Å². The van der Waals surface area contributed by atoms with Gasteiger partial charge in [-0.05, 0) is 55.7 Å². The molecule has 1 heterocycles. The van der Waals surface area contributed by atoms with Crippen molar-refractivity contribution in [2.75, 3.05) is 6.54 Å². The Balaban J connectivity index is 1.68. The molecule has 1 aliphatic carbocycles. The Morgan fingerprint density at radius 2 is 1.77 bits per heavy atom. The van der Waals surface area contributed by atoms with Crippen LogP contribution in [0.4, 0.5) is 8.78 Å². The first-order chi connectivity index (χ1) is 16.7. The minimum absolute atomic E-state index is 0.00875. The van der Waals surface area contributed by atoms with Gasteiger partial charge in [-0.15, -0.1) is 0 Å². The van der Waals surface area contributed by atoms with E-state index in [0.717, 1.165) is 50.3 Å². The number of nitrogens with one attached hydrogen (secondary N) is 3. The molecule has 0 radical (unpaired) electrons. The number of halogens is 2. The van der Waals surface area contributed by atoms with Gasteiger partial charge in [0.2, 0.25) is 17.7 Å². The van der Waals surface area contributed by atoms with Crippen molar-refractivity contribution < 1.29 is 28.0 Å². The Kier molecular flexibility index (Phi) is 9.33. The third kappa shape index (κ3) is 8.15. The summed E-state index contributed by atoms with van der Waals surface area (Å²) in [5.41, 5.74) is 5.81. The van der Waals surface area contributed by atoms with Crippen LogP contribution in [0.5, 0.6) is 0 Å². The number of primary amides is 1. The quantitative estimate of drug-likeness (QED) is 0.374. The monoisotopic (exact) mass is 490 g/mol. The van der Waals surface area contributed by atoms with E-state index in [9.17, 15) is 28.0 Å². The lowest BCUT2D eigenvalue weighted by molar-refractivity contribution is -0.128. The fraction of sp³-hybridized carbons (Fsp3) is 0.520. The van der Waals surface area contributed by atoms with Crippen LogP contribution in [-0.4, -0.2) is 36.2 Å². The van der Waals surface area contributed by atoms with Crippen LogP contribution in [-0.2, 0) is 25.6 Å². The Morgan fingerprint density at radius 1 is 1.09 bits per heavy atom. The lowest BCUT2D eigenvalue weighted by atomic mass is 9.88. The van der Waals surface area contributed by atoms with Crippen molar-refractivity contribution >= 4 is 23.6 Å². The van der Waals surface area contributed by atoms with E-state index in [0.29, 0.717) is 18.5 Å². The van der Waals surface area contributed by atoms with Crippen molar-refractivity contribution in [3.05, 3.63) is 47.2 Å². The molecule has 1 saturated carbocycles. The van der Waals surface area contributed by atoms with E-state index < -0.39 is 41.3 Å². The van der Waals surface area contributed by atoms with Gasteiger partial charge in [0, 0.05) is 24.9 Å². The van der Waals surface area contributed by atoms with Crippen LogP contribution in [0, 0.1) is 23.5 Å². The minimum Gasteiger partial charge on any atom is -0.368 e. The molecule has 1 saturated heterocycles. The molecule has 8 nitrogen and oxygen atoms in total. The standard InChI is InChI=1S/C25H32F2N4O4/c26-18-10-16(11-19(27)14-18)6-7-22(32)30-21(12-15-4-2-1-3-5-15)25(35)31-20(23(28)33)13-17-8-9-29-24(17)34/h10-12,14-15,17,20H,1-9,13H2,(H2,28,33)(H,29,34)(H,30,32)(H,31,35)/t17-,20-/m0/s1. The molecule has 0 aromatic heterocycles. The second-order valence-electron chi connectivity index (χ2n) is 9.25. The minimum atomic E-state index is -1.07. The molecule has 0 bridgehead atoms. The molecule has 4 amide bonds. The molecule has 2 fully saturated rings. The van der Waals surface area contributed by atoms with E-state index in [4.69, 9.17) is 5.73 Å². The summed E-state index contributed by atoms with van der Waals surface area (Å²) in [6, 6.07) is 1.98. The molecule has 1 aromatic carbocycles. The third-order valence-corrected chi connectivity index (χ3v) is 6.47. The molecular formula is C25H32F2N4O4. The van der Waals surface area contributed by atoms with E-state index in [1.807, 2.05) is 0 Å². The molecule has 2 aliphatic rings. The summed E-state index contributed by atoms with van der Waals surface area (Å²) in [7, 11) is 0. The van der Waals surface area contributed by atoms with Gasteiger partial charge in [0.05, 0.1) is 0 Å². The Labute approximate surface area is 203 Å². The number of nitrogens with two attached hydrogens (primary N) is 1. The maximum absolute atomic E-state index is 13.4. The van der Waals surface area contributed by atoms with Gasteiger partial charge in [-0.3, -0.25) is 19.2 Å². The topological polar surface area (TPSA) is 130 Å². The highest BCUT2D eigenvalue weighted by molar-refractivity contribution is 5.99. The predicted molar refractivity (Wildman–Crippen MR) is 124 cm³/mol. The summed E-state index contributed by atoms with van der Waals surface area (Å²) in [4.78, 5) is 49.6. The van der Waals surface area contributed by atoms with Gasteiger partial charge >= 0.3 is 0 Å². The van der Waals surface area contributed by atoms with Crippen LogP contribution in [0.15, 0.2) is 30.0 Å². The van der Waals surface area contributed by atoms with Crippen molar-refractivity contribution in [3.63, 3.8) is 0 Å². The van der Waals surface area contributed by atoms with Gasteiger partial charge in [0.15, 0.2) is 0 Å². The maximum Gasteiger partial charge on any atom is 0.268 e.